The molecule has 0 saturated heterocycles. The van der Waals surface area contributed by atoms with Gasteiger partial charge in [0.15, 0.2) is 15.6 Å². The van der Waals surface area contributed by atoms with Gasteiger partial charge in [0, 0.05) is 24.9 Å². The number of nitrogens with zero attached hydrogens (tertiary/aromatic N) is 2. The summed E-state index contributed by atoms with van der Waals surface area (Å²) in [6.45, 7) is 1.78. The molecule has 0 aromatic heterocycles. The Hall–Kier alpha value is -2.94. The van der Waals surface area contributed by atoms with Crippen molar-refractivity contribution in [3.8, 4) is 5.75 Å². The van der Waals surface area contributed by atoms with Gasteiger partial charge in [-0.1, -0.05) is 12.1 Å². The van der Waals surface area contributed by atoms with Gasteiger partial charge in [0.1, 0.15) is 0 Å². The number of benzene rings is 2. The maximum atomic E-state index is 12.7. The molecule has 0 saturated carbocycles. The molecule has 144 valence electrons. The van der Waals surface area contributed by atoms with Crippen LogP contribution >= 0.6 is 0 Å². The third-order valence-electron chi connectivity index (χ3n) is 4.31. The summed E-state index contributed by atoms with van der Waals surface area (Å²) in [5.74, 6) is -0.330. The number of hydrogen-bond acceptors (Lipinski definition) is 6. The quantitative estimate of drug-likeness (QED) is 0.553. The number of sulfone groups is 1. The van der Waals surface area contributed by atoms with E-state index in [9.17, 15) is 23.3 Å². The first kappa shape index (κ1) is 20.4. The molecule has 0 fully saturated rings. The van der Waals surface area contributed by atoms with Crippen LogP contribution in [0.5, 0.6) is 5.75 Å². The van der Waals surface area contributed by atoms with E-state index in [4.69, 9.17) is 4.74 Å². The molecule has 0 aliphatic heterocycles. The van der Waals surface area contributed by atoms with Gasteiger partial charge in [-0.25, -0.2) is 8.42 Å². The molecule has 0 spiro atoms. The van der Waals surface area contributed by atoms with Crippen LogP contribution in [0.1, 0.15) is 28.9 Å². The van der Waals surface area contributed by atoms with Crippen LogP contribution in [-0.2, 0) is 9.84 Å². The van der Waals surface area contributed by atoms with Crippen LogP contribution in [0.15, 0.2) is 47.4 Å². The first-order valence-electron chi connectivity index (χ1n) is 7.96. The van der Waals surface area contributed by atoms with Gasteiger partial charge in [0.25, 0.3) is 5.91 Å². The molecule has 9 heteroatoms. The first-order chi connectivity index (χ1) is 12.6. The lowest BCUT2D eigenvalue weighted by molar-refractivity contribution is -0.385. The zero-order chi connectivity index (χ0) is 20.4. The van der Waals surface area contributed by atoms with E-state index in [0.29, 0.717) is 0 Å². The van der Waals surface area contributed by atoms with Gasteiger partial charge >= 0.3 is 5.69 Å². The van der Waals surface area contributed by atoms with Crippen molar-refractivity contribution < 1.29 is 22.9 Å². The topological polar surface area (TPSA) is 107 Å². The molecule has 0 radical (unpaired) electrons. The molecular formula is C18H20N2O6S. The summed E-state index contributed by atoms with van der Waals surface area (Å²) in [4.78, 5) is 24.9. The maximum absolute atomic E-state index is 12.7. The second-order valence-electron chi connectivity index (χ2n) is 6.08. The highest BCUT2D eigenvalue weighted by Crippen LogP contribution is 2.29. The fraction of sp³-hybridized carbons (Fsp3) is 0.278. The second-order valence-corrected chi connectivity index (χ2v) is 8.09. The van der Waals surface area contributed by atoms with Crippen molar-refractivity contribution in [1.82, 2.24) is 4.90 Å². The van der Waals surface area contributed by atoms with Crippen molar-refractivity contribution >= 4 is 21.4 Å². The number of nitro benzene ring substituents is 1. The molecule has 1 amide bonds. The number of hydrogen-bond donors (Lipinski definition) is 0. The van der Waals surface area contributed by atoms with Gasteiger partial charge in [-0.3, -0.25) is 14.9 Å². The Morgan fingerprint density at radius 2 is 1.78 bits per heavy atom. The number of ether oxygens (including phenoxy) is 1. The van der Waals surface area contributed by atoms with Gasteiger partial charge in [0.2, 0.25) is 0 Å². The third kappa shape index (κ3) is 4.43. The van der Waals surface area contributed by atoms with Crippen molar-refractivity contribution in [2.45, 2.75) is 17.9 Å². The number of carbonyl (C=O) groups excluding carboxylic acids is 1. The lowest BCUT2D eigenvalue weighted by Crippen LogP contribution is -2.29. The second kappa shape index (κ2) is 7.75. The van der Waals surface area contributed by atoms with Gasteiger partial charge in [-0.15, -0.1) is 0 Å². The van der Waals surface area contributed by atoms with Crippen molar-refractivity contribution in [1.29, 1.82) is 0 Å². The van der Waals surface area contributed by atoms with Gasteiger partial charge in [-0.2, -0.15) is 0 Å². The number of amides is 1. The van der Waals surface area contributed by atoms with Crippen molar-refractivity contribution in [2.75, 3.05) is 20.4 Å². The number of nitro groups is 1. The molecule has 27 heavy (non-hydrogen) atoms. The minimum Gasteiger partial charge on any atom is -0.490 e. The number of methoxy groups -OCH3 is 1. The van der Waals surface area contributed by atoms with Gasteiger partial charge < -0.3 is 9.64 Å². The maximum Gasteiger partial charge on any atom is 0.311 e. The summed E-state index contributed by atoms with van der Waals surface area (Å²) < 4.78 is 28.0. The summed E-state index contributed by atoms with van der Waals surface area (Å²) in [5, 5.41) is 11.1. The Bertz CT molecular complexity index is 970. The van der Waals surface area contributed by atoms with E-state index in [2.05, 4.69) is 0 Å². The number of carbonyl (C=O) groups is 1. The van der Waals surface area contributed by atoms with Crippen molar-refractivity contribution in [3.63, 3.8) is 0 Å². The van der Waals surface area contributed by atoms with E-state index in [1.807, 2.05) is 0 Å². The summed E-state index contributed by atoms with van der Waals surface area (Å²) in [5.41, 5.74) is 0.604. The molecule has 0 aliphatic carbocycles. The lowest BCUT2D eigenvalue weighted by Gasteiger charge is -2.25. The van der Waals surface area contributed by atoms with Crippen LogP contribution in [0.2, 0.25) is 0 Å². The minimum atomic E-state index is -3.30. The monoisotopic (exact) mass is 392 g/mol. The molecule has 2 rings (SSSR count). The van der Waals surface area contributed by atoms with Crippen LogP contribution in [0.4, 0.5) is 5.69 Å². The zero-order valence-corrected chi connectivity index (χ0v) is 16.2. The molecule has 0 N–H and O–H groups in total. The van der Waals surface area contributed by atoms with Crippen LogP contribution in [0.25, 0.3) is 0 Å². The van der Waals surface area contributed by atoms with E-state index in [-0.39, 0.29) is 27.9 Å². The lowest BCUT2D eigenvalue weighted by atomic mass is 10.1. The van der Waals surface area contributed by atoms with Crippen molar-refractivity contribution in [2.24, 2.45) is 0 Å². The molecule has 0 aliphatic rings. The average molecular weight is 392 g/mol. The predicted molar refractivity (Wildman–Crippen MR) is 99.7 cm³/mol. The van der Waals surface area contributed by atoms with Crippen LogP contribution in [-0.4, -0.2) is 44.6 Å². The summed E-state index contributed by atoms with van der Waals surface area (Å²) >= 11 is 0. The summed E-state index contributed by atoms with van der Waals surface area (Å²) in [7, 11) is -0.406. The highest BCUT2D eigenvalue weighted by atomic mass is 32.2. The van der Waals surface area contributed by atoms with Gasteiger partial charge in [-0.05, 0) is 36.8 Å². The molecule has 1 atom stereocenters. The Morgan fingerprint density at radius 1 is 1.19 bits per heavy atom. The molecule has 2 aromatic rings. The standard InChI is InChI=1S/C18H20N2O6S/c1-12(13-5-8-15(9-6-13)27(4,24)25)19(2)18(21)14-7-10-17(26-3)16(11-14)20(22)23/h5-12H,1-4H3/t12-/m1/s1. The van der Waals surface area contributed by atoms with Crippen LogP contribution in [0.3, 0.4) is 0 Å². The Morgan fingerprint density at radius 3 is 2.26 bits per heavy atom. The van der Waals surface area contributed by atoms with Crippen LogP contribution in [0, 0.1) is 10.1 Å². The van der Waals surface area contributed by atoms with E-state index in [1.54, 1.807) is 26.1 Å². The Kier molecular flexibility index (Phi) is 5.85. The molecule has 0 heterocycles. The van der Waals surface area contributed by atoms with Crippen LogP contribution < -0.4 is 4.74 Å². The first-order valence-corrected chi connectivity index (χ1v) is 9.85. The normalized spacial score (nSPS) is 12.3. The predicted octanol–water partition coefficient (Wildman–Crippen LogP) is 2.84. The van der Waals surface area contributed by atoms with Gasteiger partial charge in [0.05, 0.1) is 23.0 Å². The molecule has 0 unspecified atom stereocenters. The third-order valence-corrected chi connectivity index (χ3v) is 5.44. The summed E-state index contributed by atoms with van der Waals surface area (Å²) in [6, 6.07) is 9.90. The number of rotatable bonds is 6. The fourth-order valence-corrected chi connectivity index (χ4v) is 3.19. The SMILES string of the molecule is COc1ccc(C(=O)N(C)[C@H](C)c2ccc(S(C)(=O)=O)cc2)cc1[N+](=O)[O-]. The average Bonchev–Trinajstić information content (AvgIpc) is 2.65. The van der Waals surface area contributed by atoms with E-state index in [0.717, 1.165) is 11.8 Å². The van der Waals surface area contributed by atoms with Crippen molar-refractivity contribution in [3.05, 3.63) is 63.7 Å². The fourth-order valence-electron chi connectivity index (χ4n) is 2.56. The largest absolute Gasteiger partial charge is 0.490 e. The van der Waals surface area contributed by atoms with E-state index >= 15 is 0 Å². The molecule has 2 aromatic carbocycles. The molecular weight excluding hydrogens is 372 g/mol. The smallest absolute Gasteiger partial charge is 0.311 e. The molecule has 0 bridgehead atoms. The zero-order valence-electron chi connectivity index (χ0n) is 15.4. The molecule has 8 nitrogen and oxygen atoms in total. The highest BCUT2D eigenvalue weighted by molar-refractivity contribution is 7.90. The Balaban J connectivity index is 2.28. The van der Waals surface area contributed by atoms with E-state index < -0.39 is 20.7 Å². The Labute approximate surface area is 157 Å². The highest BCUT2D eigenvalue weighted by Gasteiger charge is 2.23. The minimum absolute atomic E-state index is 0.0728. The summed E-state index contributed by atoms with van der Waals surface area (Å²) in [6.07, 6.45) is 1.12. The van der Waals surface area contributed by atoms with E-state index in [1.165, 1.54) is 42.3 Å².